The molecule has 0 radical (unpaired) electrons. The van der Waals surface area contributed by atoms with E-state index in [0.29, 0.717) is 12.6 Å². The van der Waals surface area contributed by atoms with Crippen LogP contribution < -0.4 is 10.4 Å². The number of likely N-dealkylation sites (N-methyl/N-ethyl adjacent to an activating group) is 1. The second kappa shape index (κ2) is 11.3. The zero-order chi connectivity index (χ0) is 27.6. The van der Waals surface area contributed by atoms with Gasteiger partial charge < -0.3 is 14.5 Å². The fourth-order valence-corrected chi connectivity index (χ4v) is 6.19. The molecule has 0 aromatic heterocycles. The topological polar surface area (TPSA) is 15.7 Å². The molecule has 0 amide bonds. The Morgan fingerprint density at radius 2 is 1.74 bits per heavy atom. The van der Waals surface area contributed by atoms with Crippen LogP contribution in [-0.4, -0.2) is 42.1 Å². The second-order valence-corrected chi connectivity index (χ2v) is 12.1. The lowest BCUT2D eigenvalue weighted by Gasteiger charge is -2.54. The van der Waals surface area contributed by atoms with Crippen molar-refractivity contribution in [2.75, 3.05) is 20.2 Å². The number of benzene rings is 2. The van der Waals surface area contributed by atoms with E-state index >= 15 is 0 Å². The monoisotopic (exact) mass is 510 g/mol. The Morgan fingerprint density at radius 3 is 2.37 bits per heavy atom. The maximum absolute atomic E-state index is 5.84. The van der Waals surface area contributed by atoms with Crippen molar-refractivity contribution in [3.63, 3.8) is 0 Å². The van der Waals surface area contributed by atoms with Crippen LogP contribution in [0.2, 0.25) is 0 Å². The first-order chi connectivity index (χ1) is 18.0. The van der Waals surface area contributed by atoms with E-state index in [-0.39, 0.29) is 11.5 Å². The van der Waals surface area contributed by atoms with Gasteiger partial charge >= 0.3 is 0 Å². The summed E-state index contributed by atoms with van der Waals surface area (Å²) in [6.07, 6.45) is 5.22. The van der Waals surface area contributed by atoms with E-state index in [0.717, 1.165) is 42.7 Å². The molecular weight excluding hydrogens is 464 g/mol. The largest absolute Gasteiger partial charge is 0.494 e. The minimum atomic E-state index is 0.110. The summed E-state index contributed by atoms with van der Waals surface area (Å²) in [7, 11) is 2.28. The van der Waals surface area contributed by atoms with Crippen molar-refractivity contribution >= 4 is 11.3 Å². The van der Waals surface area contributed by atoms with Gasteiger partial charge in [-0.1, -0.05) is 88.0 Å². The highest BCUT2D eigenvalue weighted by Crippen LogP contribution is 2.41. The molecule has 2 aliphatic rings. The molecule has 38 heavy (non-hydrogen) atoms. The Balaban J connectivity index is 1.88. The Hall–Kier alpha value is -3.20. The van der Waals surface area contributed by atoms with E-state index in [9.17, 15) is 0 Å². The minimum Gasteiger partial charge on any atom is -0.494 e. The Morgan fingerprint density at radius 1 is 1.03 bits per heavy atom. The molecule has 3 nitrogen and oxygen atoms in total. The van der Waals surface area contributed by atoms with Gasteiger partial charge in [-0.25, -0.2) is 0 Å². The number of hydrogen-bond acceptors (Lipinski definition) is 3. The van der Waals surface area contributed by atoms with E-state index in [4.69, 9.17) is 4.74 Å². The van der Waals surface area contributed by atoms with Crippen molar-refractivity contribution in [3.05, 3.63) is 106 Å². The van der Waals surface area contributed by atoms with E-state index < -0.39 is 0 Å². The number of hydrogen-bond donors (Lipinski definition) is 0. The Labute approximate surface area is 230 Å². The predicted octanol–water partition coefficient (Wildman–Crippen LogP) is 6.20. The lowest BCUT2D eigenvalue weighted by atomic mass is 9.79. The average molecular weight is 511 g/mol. The van der Waals surface area contributed by atoms with Crippen molar-refractivity contribution < 1.29 is 4.74 Å². The van der Waals surface area contributed by atoms with Crippen LogP contribution >= 0.6 is 0 Å². The zero-order valence-corrected chi connectivity index (χ0v) is 24.6. The molecule has 0 saturated carbocycles. The number of ether oxygens (including phenoxy) is 1. The molecular formula is C35H46N2O. The van der Waals surface area contributed by atoms with Crippen LogP contribution in [0.3, 0.4) is 0 Å². The minimum absolute atomic E-state index is 0.110. The van der Waals surface area contributed by atoms with Crippen LogP contribution in [0.5, 0.6) is 0 Å². The predicted molar refractivity (Wildman–Crippen MR) is 162 cm³/mol. The van der Waals surface area contributed by atoms with E-state index in [1.807, 2.05) is 6.92 Å². The first kappa shape index (κ1) is 27.8. The lowest BCUT2D eigenvalue weighted by Crippen LogP contribution is -2.61. The maximum atomic E-state index is 5.84. The van der Waals surface area contributed by atoms with Gasteiger partial charge in [0.05, 0.1) is 18.7 Å². The van der Waals surface area contributed by atoms with Crippen LogP contribution in [-0.2, 0) is 17.6 Å². The van der Waals surface area contributed by atoms with Crippen molar-refractivity contribution in [3.8, 4) is 0 Å². The number of aryl methyl sites for hydroxylation is 2. The summed E-state index contributed by atoms with van der Waals surface area (Å²) >= 11 is 0. The fraction of sp³-hybridized carbons (Fsp3) is 0.429. The van der Waals surface area contributed by atoms with Gasteiger partial charge in [0.15, 0.2) is 0 Å². The molecule has 2 unspecified atom stereocenters. The summed E-state index contributed by atoms with van der Waals surface area (Å²) in [4.78, 5) is 5.11. The van der Waals surface area contributed by atoms with Crippen LogP contribution in [0.15, 0.2) is 84.8 Å². The highest BCUT2D eigenvalue weighted by atomic mass is 16.5. The van der Waals surface area contributed by atoms with Gasteiger partial charge in [-0.15, -0.1) is 0 Å². The second-order valence-electron chi connectivity index (χ2n) is 12.1. The zero-order valence-electron chi connectivity index (χ0n) is 24.6. The van der Waals surface area contributed by atoms with Crippen molar-refractivity contribution in [2.45, 2.75) is 72.9 Å². The lowest BCUT2D eigenvalue weighted by molar-refractivity contribution is 0.0655. The third-order valence-electron chi connectivity index (χ3n) is 8.06. The third kappa shape index (κ3) is 5.62. The van der Waals surface area contributed by atoms with Crippen LogP contribution in [0.4, 0.5) is 0 Å². The molecule has 0 N–H and O–H groups in total. The van der Waals surface area contributed by atoms with Gasteiger partial charge in [-0.3, -0.25) is 0 Å². The Bertz CT molecular complexity index is 1340. The van der Waals surface area contributed by atoms with Gasteiger partial charge in [0.25, 0.3) is 0 Å². The molecule has 4 rings (SSSR count). The summed E-state index contributed by atoms with van der Waals surface area (Å²) in [6.45, 7) is 23.9. The average Bonchev–Trinajstić information content (AvgIpc) is 2.86. The normalized spacial score (nSPS) is 21.1. The van der Waals surface area contributed by atoms with Gasteiger partial charge in [-0.05, 0) is 67.4 Å². The van der Waals surface area contributed by atoms with Crippen molar-refractivity contribution in [1.82, 2.24) is 9.80 Å². The van der Waals surface area contributed by atoms with Crippen molar-refractivity contribution in [1.29, 1.82) is 0 Å². The summed E-state index contributed by atoms with van der Waals surface area (Å²) < 4.78 is 5.84. The highest BCUT2D eigenvalue weighted by molar-refractivity contribution is 5.59. The van der Waals surface area contributed by atoms with Crippen LogP contribution in [0, 0.1) is 5.41 Å². The summed E-state index contributed by atoms with van der Waals surface area (Å²) in [5, 5.41) is 2.76. The van der Waals surface area contributed by atoms with Gasteiger partial charge in [0, 0.05) is 36.3 Å². The highest BCUT2D eigenvalue weighted by Gasteiger charge is 2.43. The molecule has 1 saturated heterocycles. The molecule has 2 aromatic carbocycles. The SMILES string of the molecule is C=C1CC2/C(=c3\cccc(CCc4ccccc4)c3=C(C)C)N(C)CC(C(C)(C)C)N2C=C1C(=C)OCC. The van der Waals surface area contributed by atoms with Gasteiger partial charge in [0.2, 0.25) is 0 Å². The summed E-state index contributed by atoms with van der Waals surface area (Å²) in [5.41, 5.74) is 7.83. The molecule has 2 aromatic rings. The first-order valence-electron chi connectivity index (χ1n) is 14.1. The van der Waals surface area contributed by atoms with E-state index in [1.165, 1.54) is 32.8 Å². The molecule has 2 aliphatic heterocycles. The molecule has 0 aliphatic carbocycles. The molecule has 3 heteroatoms. The van der Waals surface area contributed by atoms with Crippen LogP contribution in [0.25, 0.3) is 11.3 Å². The smallest absolute Gasteiger partial charge is 0.121 e. The number of piperazine rings is 1. The molecule has 2 heterocycles. The van der Waals surface area contributed by atoms with Gasteiger partial charge in [-0.2, -0.15) is 0 Å². The molecule has 2 atom stereocenters. The standard InChI is InChI=1S/C35H46N2O/c1-10-38-26(5)30-22-37-31(21-25(30)4)34(36(9)23-32(37)35(6,7)8)29-18-14-17-28(33(29)24(2)3)20-19-27-15-12-11-13-16-27/h11-18,22,31-32H,4-5,10,19-21,23H2,1-3,6-9H3/b34-29-. The quantitative estimate of drug-likeness (QED) is 0.431. The Kier molecular flexibility index (Phi) is 8.25. The van der Waals surface area contributed by atoms with Crippen LogP contribution in [0.1, 0.15) is 59.1 Å². The molecule has 202 valence electrons. The number of allylic oxidation sites excluding steroid dienone is 1. The van der Waals surface area contributed by atoms with Crippen molar-refractivity contribution in [2.24, 2.45) is 5.41 Å². The number of rotatable bonds is 6. The summed E-state index contributed by atoms with van der Waals surface area (Å²) in [5.74, 6) is 0.727. The maximum Gasteiger partial charge on any atom is 0.121 e. The number of fused-ring (bicyclic) bond motifs is 1. The molecule has 1 fully saturated rings. The third-order valence-corrected chi connectivity index (χ3v) is 8.06. The number of nitrogens with zero attached hydrogens (tertiary/aromatic N) is 2. The van der Waals surface area contributed by atoms with E-state index in [2.05, 4.69) is 119 Å². The molecule has 0 spiro atoms. The molecule has 0 bridgehead atoms. The fourth-order valence-electron chi connectivity index (χ4n) is 6.19. The van der Waals surface area contributed by atoms with E-state index in [1.54, 1.807) is 0 Å². The van der Waals surface area contributed by atoms with Gasteiger partial charge in [0.1, 0.15) is 5.76 Å². The summed E-state index contributed by atoms with van der Waals surface area (Å²) in [6, 6.07) is 18.3. The first-order valence-corrected chi connectivity index (χ1v) is 14.1.